The van der Waals surface area contributed by atoms with E-state index in [2.05, 4.69) is 22.2 Å². The van der Waals surface area contributed by atoms with Gasteiger partial charge < -0.3 is 5.32 Å². The molecule has 0 fully saturated rings. The van der Waals surface area contributed by atoms with Gasteiger partial charge in [0, 0.05) is 12.3 Å². The lowest BCUT2D eigenvalue weighted by Crippen LogP contribution is -2.26. The van der Waals surface area contributed by atoms with E-state index in [0.717, 1.165) is 11.3 Å². The van der Waals surface area contributed by atoms with Gasteiger partial charge in [-0.3, -0.25) is 4.79 Å². The van der Waals surface area contributed by atoms with Gasteiger partial charge in [-0.25, -0.2) is 13.1 Å². The number of hydrogen-bond donors (Lipinski definition) is 2. The highest BCUT2D eigenvalue weighted by Crippen LogP contribution is 2.14. The lowest BCUT2D eigenvalue weighted by molar-refractivity contribution is -0.118. The third-order valence-corrected chi connectivity index (χ3v) is 6.15. The summed E-state index contributed by atoms with van der Waals surface area (Å²) in [6, 6.07) is 15.5. The van der Waals surface area contributed by atoms with Crippen molar-refractivity contribution in [2.24, 2.45) is 0 Å². The van der Waals surface area contributed by atoms with Crippen LogP contribution in [0.1, 0.15) is 22.3 Å². The van der Waals surface area contributed by atoms with Crippen LogP contribution >= 0.6 is 11.8 Å². The Balaban J connectivity index is 1.84. The molecule has 0 atom stereocenters. The molecule has 0 aliphatic rings. The van der Waals surface area contributed by atoms with Crippen molar-refractivity contribution in [3.05, 3.63) is 70.8 Å². The van der Waals surface area contributed by atoms with Gasteiger partial charge in [0.25, 0.3) is 0 Å². The highest BCUT2D eigenvalue weighted by Gasteiger charge is 2.12. The molecule has 7 heteroatoms. The number of benzene rings is 2. The number of hydrogen-bond acceptors (Lipinski definition) is 4. The lowest BCUT2D eigenvalue weighted by Gasteiger charge is -2.11. The molecule has 2 N–H and O–H groups in total. The predicted octanol–water partition coefficient (Wildman–Crippen LogP) is 2.59. The van der Waals surface area contributed by atoms with Crippen LogP contribution in [0, 0.1) is 6.92 Å². The van der Waals surface area contributed by atoms with Gasteiger partial charge >= 0.3 is 0 Å². The normalized spacial score (nSPS) is 11.3. The number of sulfonamides is 1. The first-order valence-electron chi connectivity index (χ1n) is 8.27. The van der Waals surface area contributed by atoms with Crippen molar-refractivity contribution >= 4 is 27.7 Å². The maximum absolute atomic E-state index is 12.1. The zero-order valence-electron chi connectivity index (χ0n) is 15.0. The Bertz CT molecular complexity index is 851. The van der Waals surface area contributed by atoms with Crippen molar-refractivity contribution < 1.29 is 13.2 Å². The second-order valence-electron chi connectivity index (χ2n) is 5.99. The zero-order valence-corrected chi connectivity index (χ0v) is 16.6. The average molecular weight is 393 g/mol. The minimum atomic E-state index is -3.35. The van der Waals surface area contributed by atoms with Crippen LogP contribution in [0.5, 0.6) is 0 Å². The summed E-state index contributed by atoms with van der Waals surface area (Å²) in [7, 11) is -1.95. The fourth-order valence-corrected chi connectivity index (χ4v) is 4.10. The third kappa shape index (κ3) is 6.82. The van der Waals surface area contributed by atoms with Crippen molar-refractivity contribution in [3.63, 3.8) is 0 Å². The highest BCUT2D eigenvalue weighted by atomic mass is 32.2. The molecule has 0 aliphatic carbocycles. The second kappa shape index (κ2) is 9.75. The first kappa shape index (κ1) is 20.5. The van der Waals surface area contributed by atoms with E-state index in [1.807, 2.05) is 31.2 Å². The van der Waals surface area contributed by atoms with Crippen molar-refractivity contribution in [3.8, 4) is 0 Å². The zero-order chi connectivity index (χ0) is 19.0. The molecule has 0 saturated carbocycles. The Kier molecular flexibility index (Phi) is 7.68. The molecule has 1 amide bonds. The minimum absolute atomic E-state index is 0.0612. The Morgan fingerprint density at radius 2 is 1.81 bits per heavy atom. The molecule has 0 spiro atoms. The molecule has 2 aromatic carbocycles. The van der Waals surface area contributed by atoms with E-state index in [-0.39, 0.29) is 11.7 Å². The van der Waals surface area contributed by atoms with Crippen molar-refractivity contribution in [2.45, 2.75) is 25.0 Å². The number of nitrogens with one attached hydrogen (secondary N) is 2. The molecule has 2 aromatic rings. The van der Waals surface area contributed by atoms with Crippen LogP contribution in [-0.2, 0) is 32.9 Å². The summed E-state index contributed by atoms with van der Waals surface area (Å²) in [5.41, 5.74) is 3.91. The second-order valence-corrected chi connectivity index (χ2v) is 8.90. The molecular formula is C19H24N2O3S2. The van der Waals surface area contributed by atoms with E-state index in [9.17, 15) is 13.2 Å². The standard InChI is InChI=1S/C19H24N2O3S2/c1-15-6-5-7-16(10-15)12-25-13-19(22)21-11-17-8-3-4-9-18(17)14-26(23,24)20-2/h3-10,20H,11-14H2,1-2H3,(H,21,22). The Hall–Kier alpha value is -1.83. The molecule has 5 nitrogen and oxygen atoms in total. The Morgan fingerprint density at radius 3 is 2.50 bits per heavy atom. The molecule has 0 aliphatic heterocycles. The monoisotopic (exact) mass is 392 g/mol. The number of aryl methyl sites for hydroxylation is 1. The average Bonchev–Trinajstić information content (AvgIpc) is 2.61. The van der Waals surface area contributed by atoms with Crippen molar-refractivity contribution in [2.75, 3.05) is 12.8 Å². The van der Waals surface area contributed by atoms with E-state index in [1.54, 1.807) is 23.9 Å². The van der Waals surface area contributed by atoms with Crippen LogP contribution in [0.2, 0.25) is 0 Å². The fraction of sp³-hybridized carbons (Fsp3) is 0.316. The summed E-state index contributed by atoms with van der Waals surface area (Å²) in [6.45, 7) is 2.37. The summed E-state index contributed by atoms with van der Waals surface area (Å²) in [5.74, 6) is 0.989. The van der Waals surface area contributed by atoms with Crippen LogP contribution in [0.25, 0.3) is 0 Å². The molecule has 2 rings (SSSR count). The van der Waals surface area contributed by atoms with Crippen LogP contribution in [0.4, 0.5) is 0 Å². The minimum Gasteiger partial charge on any atom is -0.351 e. The van der Waals surface area contributed by atoms with Gasteiger partial charge in [0.05, 0.1) is 11.5 Å². The number of carbonyl (C=O) groups excluding carboxylic acids is 1. The molecule has 0 aromatic heterocycles. The van der Waals surface area contributed by atoms with E-state index < -0.39 is 10.0 Å². The molecule has 0 unspecified atom stereocenters. The van der Waals surface area contributed by atoms with Crippen LogP contribution in [-0.4, -0.2) is 27.1 Å². The molecule has 0 bridgehead atoms. The molecule has 0 saturated heterocycles. The first-order chi connectivity index (χ1) is 12.4. The number of rotatable bonds is 9. The highest BCUT2D eigenvalue weighted by molar-refractivity contribution is 7.99. The van der Waals surface area contributed by atoms with E-state index in [1.165, 1.54) is 18.2 Å². The van der Waals surface area contributed by atoms with Crippen LogP contribution in [0.3, 0.4) is 0 Å². The molecule has 0 radical (unpaired) electrons. The fourth-order valence-electron chi connectivity index (χ4n) is 2.46. The number of carbonyl (C=O) groups is 1. The molecule has 0 heterocycles. The predicted molar refractivity (Wildman–Crippen MR) is 107 cm³/mol. The van der Waals surface area contributed by atoms with Gasteiger partial charge in [-0.05, 0) is 30.7 Å². The number of thioether (sulfide) groups is 1. The number of amides is 1. The maximum atomic E-state index is 12.1. The Labute approximate surface area is 159 Å². The quantitative estimate of drug-likeness (QED) is 0.688. The van der Waals surface area contributed by atoms with E-state index >= 15 is 0 Å². The van der Waals surface area contributed by atoms with Crippen LogP contribution < -0.4 is 10.0 Å². The van der Waals surface area contributed by atoms with Gasteiger partial charge in [0.1, 0.15) is 0 Å². The molecular weight excluding hydrogens is 368 g/mol. The molecule has 26 heavy (non-hydrogen) atoms. The Morgan fingerprint density at radius 1 is 1.08 bits per heavy atom. The molecule has 140 valence electrons. The first-order valence-corrected chi connectivity index (χ1v) is 11.1. The van der Waals surface area contributed by atoms with Gasteiger partial charge in [-0.1, -0.05) is 54.1 Å². The SMILES string of the molecule is CNS(=O)(=O)Cc1ccccc1CNC(=O)CSCc1cccc(C)c1. The van der Waals surface area contributed by atoms with E-state index in [4.69, 9.17) is 0 Å². The summed E-state index contributed by atoms with van der Waals surface area (Å²) in [5, 5.41) is 2.87. The topological polar surface area (TPSA) is 75.3 Å². The summed E-state index contributed by atoms with van der Waals surface area (Å²) in [4.78, 5) is 12.1. The van der Waals surface area contributed by atoms with Gasteiger partial charge in [0.2, 0.25) is 15.9 Å². The van der Waals surface area contributed by atoms with Crippen molar-refractivity contribution in [1.82, 2.24) is 10.0 Å². The summed E-state index contributed by atoms with van der Waals surface area (Å²) >= 11 is 1.56. The largest absolute Gasteiger partial charge is 0.351 e. The van der Waals surface area contributed by atoms with Crippen LogP contribution in [0.15, 0.2) is 48.5 Å². The summed E-state index contributed by atoms with van der Waals surface area (Å²) < 4.78 is 25.8. The smallest absolute Gasteiger partial charge is 0.230 e. The lowest BCUT2D eigenvalue weighted by atomic mass is 10.1. The maximum Gasteiger partial charge on any atom is 0.230 e. The van der Waals surface area contributed by atoms with Crippen molar-refractivity contribution in [1.29, 1.82) is 0 Å². The summed E-state index contributed by atoms with van der Waals surface area (Å²) in [6.07, 6.45) is 0. The van der Waals surface area contributed by atoms with Gasteiger partial charge in [-0.2, -0.15) is 0 Å². The van der Waals surface area contributed by atoms with Gasteiger partial charge in [-0.15, -0.1) is 11.8 Å². The van der Waals surface area contributed by atoms with Gasteiger partial charge in [0.15, 0.2) is 0 Å². The van der Waals surface area contributed by atoms with E-state index in [0.29, 0.717) is 17.9 Å². The third-order valence-electron chi connectivity index (χ3n) is 3.84.